The van der Waals surface area contributed by atoms with Crippen LogP contribution in [0.3, 0.4) is 0 Å². The van der Waals surface area contributed by atoms with Gasteiger partial charge in [0.25, 0.3) is 0 Å². The Balaban J connectivity index is 1.78. The second-order valence-corrected chi connectivity index (χ2v) is 7.91. The summed E-state index contributed by atoms with van der Waals surface area (Å²) in [5, 5.41) is 6.65. The Labute approximate surface area is 151 Å². The molecule has 0 aliphatic carbocycles. The molecule has 0 radical (unpaired) electrons. The van der Waals surface area contributed by atoms with Crippen molar-refractivity contribution >= 4 is 17.3 Å². The third-order valence-corrected chi connectivity index (χ3v) is 5.22. The fourth-order valence-electron chi connectivity index (χ4n) is 3.24. The molecule has 2 heterocycles. The van der Waals surface area contributed by atoms with Gasteiger partial charge in [0.2, 0.25) is 0 Å². The quantitative estimate of drug-likeness (QED) is 0.466. The van der Waals surface area contributed by atoms with Crippen molar-refractivity contribution in [2.45, 2.75) is 46.6 Å². The SMILES string of the molecule is CCNC(=NCCCN1CCCC(C)C1)N(C)Cc1csc(C)n1. The first-order valence-electron chi connectivity index (χ1n) is 9.21. The van der Waals surface area contributed by atoms with E-state index in [4.69, 9.17) is 4.99 Å². The van der Waals surface area contributed by atoms with Crippen molar-refractivity contribution in [1.82, 2.24) is 20.1 Å². The largest absolute Gasteiger partial charge is 0.357 e. The van der Waals surface area contributed by atoms with Crippen LogP contribution in [0.5, 0.6) is 0 Å². The van der Waals surface area contributed by atoms with Gasteiger partial charge in [-0.25, -0.2) is 4.98 Å². The van der Waals surface area contributed by atoms with Crippen LogP contribution in [0.1, 0.15) is 43.8 Å². The maximum Gasteiger partial charge on any atom is 0.194 e. The maximum atomic E-state index is 4.80. The van der Waals surface area contributed by atoms with E-state index in [1.807, 2.05) is 0 Å². The van der Waals surface area contributed by atoms with E-state index in [-0.39, 0.29) is 0 Å². The summed E-state index contributed by atoms with van der Waals surface area (Å²) < 4.78 is 0. The highest BCUT2D eigenvalue weighted by molar-refractivity contribution is 7.09. The number of aryl methyl sites for hydroxylation is 1. The van der Waals surface area contributed by atoms with Gasteiger partial charge < -0.3 is 15.1 Å². The Morgan fingerprint density at radius 2 is 2.38 bits per heavy atom. The third kappa shape index (κ3) is 6.40. The molecule has 0 spiro atoms. The zero-order valence-corrected chi connectivity index (χ0v) is 16.5. The van der Waals surface area contributed by atoms with E-state index in [1.165, 1.54) is 32.5 Å². The summed E-state index contributed by atoms with van der Waals surface area (Å²) in [6.07, 6.45) is 3.87. The number of nitrogens with zero attached hydrogens (tertiary/aromatic N) is 4. The number of rotatable bonds is 7. The normalized spacial score (nSPS) is 19.5. The van der Waals surface area contributed by atoms with E-state index in [2.05, 4.69) is 53.3 Å². The zero-order valence-electron chi connectivity index (χ0n) is 15.7. The van der Waals surface area contributed by atoms with Crippen LogP contribution in [0.2, 0.25) is 0 Å². The number of piperidine rings is 1. The van der Waals surface area contributed by atoms with E-state index in [9.17, 15) is 0 Å². The average molecular weight is 352 g/mol. The third-order valence-electron chi connectivity index (χ3n) is 4.40. The molecule has 1 atom stereocenters. The lowest BCUT2D eigenvalue weighted by atomic mass is 10.0. The second-order valence-electron chi connectivity index (χ2n) is 6.85. The van der Waals surface area contributed by atoms with Gasteiger partial charge in [0, 0.05) is 32.1 Å². The van der Waals surface area contributed by atoms with Crippen molar-refractivity contribution in [2.24, 2.45) is 10.9 Å². The van der Waals surface area contributed by atoms with E-state index in [0.717, 1.165) is 48.6 Å². The topological polar surface area (TPSA) is 43.8 Å². The van der Waals surface area contributed by atoms with Crippen LogP contribution in [0, 0.1) is 12.8 Å². The van der Waals surface area contributed by atoms with Crippen LogP contribution in [0.15, 0.2) is 10.4 Å². The van der Waals surface area contributed by atoms with Crippen LogP contribution < -0.4 is 5.32 Å². The highest BCUT2D eigenvalue weighted by atomic mass is 32.1. The van der Waals surface area contributed by atoms with Gasteiger partial charge in [0.05, 0.1) is 17.2 Å². The van der Waals surface area contributed by atoms with Crippen molar-refractivity contribution in [3.05, 3.63) is 16.1 Å². The Morgan fingerprint density at radius 1 is 1.54 bits per heavy atom. The Kier molecular flexibility index (Phi) is 7.99. The van der Waals surface area contributed by atoms with Crippen molar-refractivity contribution in [2.75, 3.05) is 39.8 Å². The predicted molar refractivity (Wildman–Crippen MR) is 104 cm³/mol. The molecule has 24 heavy (non-hydrogen) atoms. The highest BCUT2D eigenvalue weighted by Gasteiger charge is 2.15. The van der Waals surface area contributed by atoms with E-state index < -0.39 is 0 Å². The van der Waals surface area contributed by atoms with Gasteiger partial charge in [-0.3, -0.25) is 4.99 Å². The van der Waals surface area contributed by atoms with Crippen LogP contribution in [-0.2, 0) is 6.54 Å². The zero-order chi connectivity index (χ0) is 17.4. The number of guanidine groups is 1. The lowest BCUT2D eigenvalue weighted by Crippen LogP contribution is -2.39. The van der Waals surface area contributed by atoms with E-state index >= 15 is 0 Å². The molecule has 1 aliphatic heterocycles. The molecule has 0 saturated carbocycles. The average Bonchev–Trinajstić information content (AvgIpc) is 2.95. The highest BCUT2D eigenvalue weighted by Crippen LogP contribution is 2.15. The number of aliphatic imine (C=N–C) groups is 1. The number of nitrogens with one attached hydrogen (secondary N) is 1. The Hall–Kier alpha value is -1.14. The molecular formula is C18H33N5S. The molecule has 0 bridgehead atoms. The van der Waals surface area contributed by atoms with Crippen LogP contribution in [0.25, 0.3) is 0 Å². The fraction of sp³-hybridized carbons (Fsp3) is 0.778. The Bertz CT molecular complexity index is 513. The summed E-state index contributed by atoms with van der Waals surface area (Å²) in [5.41, 5.74) is 1.12. The first kappa shape index (κ1) is 19.2. The molecular weight excluding hydrogens is 318 g/mol. The number of hydrogen-bond acceptors (Lipinski definition) is 4. The summed E-state index contributed by atoms with van der Waals surface area (Å²) in [6.45, 7) is 12.8. The van der Waals surface area contributed by atoms with Gasteiger partial charge >= 0.3 is 0 Å². The summed E-state index contributed by atoms with van der Waals surface area (Å²) in [5.74, 6) is 1.84. The summed E-state index contributed by atoms with van der Waals surface area (Å²) >= 11 is 1.71. The van der Waals surface area contributed by atoms with Gasteiger partial charge in [-0.15, -0.1) is 11.3 Å². The number of aromatic nitrogens is 1. The van der Waals surface area contributed by atoms with Crippen molar-refractivity contribution in [3.63, 3.8) is 0 Å². The molecule has 136 valence electrons. The number of likely N-dealkylation sites (tertiary alicyclic amines) is 1. The molecule has 0 amide bonds. The lowest BCUT2D eigenvalue weighted by molar-refractivity contribution is 0.183. The van der Waals surface area contributed by atoms with Gasteiger partial charge in [-0.05, 0) is 52.1 Å². The van der Waals surface area contributed by atoms with Crippen molar-refractivity contribution < 1.29 is 0 Å². The second kappa shape index (κ2) is 9.99. The molecule has 1 aromatic heterocycles. The smallest absolute Gasteiger partial charge is 0.194 e. The van der Waals surface area contributed by atoms with Crippen molar-refractivity contribution in [1.29, 1.82) is 0 Å². The van der Waals surface area contributed by atoms with Gasteiger partial charge in [0.1, 0.15) is 0 Å². The maximum absolute atomic E-state index is 4.80. The minimum atomic E-state index is 0.805. The molecule has 2 rings (SSSR count). The van der Waals surface area contributed by atoms with Crippen LogP contribution in [0.4, 0.5) is 0 Å². The van der Waals surface area contributed by atoms with Crippen molar-refractivity contribution in [3.8, 4) is 0 Å². The molecule has 1 N–H and O–H groups in total. The molecule has 0 aromatic carbocycles. The molecule has 6 heteroatoms. The minimum absolute atomic E-state index is 0.805. The van der Waals surface area contributed by atoms with Gasteiger partial charge in [0.15, 0.2) is 5.96 Å². The predicted octanol–water partition coefficient (Wildman–Crippen LogP) is 2.97. The number of hydrogen-bond donors (Lipinski definition) is 1. The van der Waals surface area contributed by atoms with Gasteiger partial charge in [-0.2, -0.15) is 0 Å². The standard InChI is InChI=1S/C18H33N5S/c1-5-19-18(22(4)13-17-14-24-16(3)21-17)20-9-7-11-23-10-6-8-15(2)12-23/h14-15H,5-13H2,1-4H3,(H,19,20). The molecule has 5 nitrogen and oxygen atoms in total. The van der Waals surface area contributed by atoms with E-state index in [0.29, 0.717) is 0 Å². The van der Waals surface area contributed by atoms with Gasteiger partial charge in [-0.1, -0.05) is 6.92 Å². The molecule has 1 aliphatic rings. The monoisotopic (exact) mass is 351 g/mol. The first-order chi connectivity index (χ1) is 11.6. The lowest BCUT2D eigenvalue weighted by Gasteiger charge is -2.30. The van der Waals surface area contributed by atoms with E-state index in [1.54, 1.807) is 11.3 Å². The first-order valence-corrected chi connectivity index (χ1v) is 10.1. The summed E-state index contributed by atoms with van der Waals surface area (Å²) in [6, 6.07) is 0. The summed E-state index contributed by atoms with van der Waals surface area (Å²) in [7, 11) is 2.09. The molecule has 1 saturated heterocycles. The summed E-state index contributed by atoms with van der Waals surface area (Å²) in [4.78, 5) is 14.1. The Morgan fingerprint density at radius 3 is 3.04 bits per heavy atom. The number of thiazole rings is 1. The fourth-order valence-corrected chi connectivity index (χ4v) is 3.84. The van der Waals surface area contributed by atoms with Crippen LogP contribution in [-0.4, -0.2) is 60.5 Å². The minimum Gasteiger partial charge on any atom is -0.357 e. The van der Waals surface area contributed by atoms with Crippen LogP contribution >= 0.6 is 11.3 Å². The molecule has 1 aromatic rings. The molecule has 1 unspecified atom stereocenters. The molecule has 1 fully saturated rings.